The van der Waals surface area contributed by atoms with Gasteiger partial charge in [-0.2, -0.15) is 4.39 Å². The Morgan fingerprint density at radius 2 is 1.34 bits per heavy atom. The van der Waals surface area contributed by atoms with Gasteiger partial charge < -0.3 is 4.74 Å². The minimum Gasteiger partial charge on any atom is -0.490 e. The molecule has 41 heavy (non-hydrogen) atoms. The second-order valence-corrected chi connectivity index (χ2v) is 11.5. The van der Waals surface area contributed by atoms with Gasteiger partial charge in [-0.1, -0.05) is 114 Å². The number of halogens is 3. The number of allylic oxidation sites excluding steroid dienone is 2. The third-order valence-electron chi connectivity index (χ3n) is 8.38. The quantitative estimate of drug-likeness (QED) is 0.167. The minimum absolute atomic E-state index is 0.0547. The van der Waals surface area contributed by atoms with Crippen LogP contribution in [0.2, 0.25) is 0 Å². The molecule has 1 atom stereocenters. The summed E-state index contributed by atoms with van der Waals surface area (Å²) < 4.78 is 50.3. The van der Waals surface area contributed by atoms with E-state index in [0.29, 0.717) is 17.7 Å². The van der Waals surface area contributed by atoms with Crippen LogP contribution < -0.4 is 4.74 Å². The number of rotatable bonds is 15. The maximum Gasteiger partial charge on any atom is 0.201 e. The Labute approximate surface area is 244 Å². The Morgan fingerprint density at radius 3 is 2.02 bits per heavy atom. The van der Waals surface area contributed by atoms with Gasteiger partial charge in [0, 0.05) is 11.1 Å². The summed E-state index contributed by atoms with van der Waals surface area (Å²) in [5.74, 6) is -1.43. The van der Waals surface area contributed by atoms with Crippen molar-refractivity contribution in [2.45, 2.75) is 97.3 Å². The molecule has 3 aromatic carbocycles. The third-order valence-corrected chi connectivity index (χ3v) is 8.38. The molecule has 220 valence electrons. The summed E-state index contributed by atoms with van der Waals surface area (Å²) in [5, 5.41) is 0. The van der Waals surface area contributed by atoms with Crippen LogP contribution in [0.1, 0.15) is 103 Å². The molecular weight excluding hydrogens is 517 g/mol. The standard InChI is InChI=1S/C37H45F3O/c1-3-5-7-9-10-12-27-13-15-29(16-14-27)32-22-21-31(26-34(32)38)28-17-19-30(20-18-28)33-23-24-35(37(40)36(33)39)41-25-11-8-6-4-2/h15,17-24,26-27H,3-14,16,25H2,1-2H3. The van der Waals surface area contributed by atoms with Crippen molar-refractivity contribution in [3.63, 3.8) is 0 Å². The minimum atomic E-state index is -0.963. The van der Waals surface area contributed by atoms with Gasteiger partial charge in [0.1, 0.15) is 5.82 Å². The molecule has 0 bridgehead atoms. The predicted molar refractivity (Wildman–Crippen MR) is 166 cm³/mol. The van der Waals surface area contributed by atoms with Gasteiger partial charge in [-0.05, 0) is 72.1 Å². The van der Waals surface area contributed by atoms with Crippen LogP contribution in [0.3, 0.4) is 0 Å². The third kappa shape index (κ3) is 8.50. The van der Waals surface area contributed by atoms with E-state index in [0.717, 1.165) is 67.6 Å². The monoisotopic (exact) mass is 562 g/mol. The topological polar surface area (TPSA) is 9.23 Å². The van der Waals surface area contributed by atoms with E-state index in [9.17, 15) is 8.78 Å². The van der Waals surface area contributed by atoms with Gasteiger partial charge in [0.15, 0.2) is 11.6 Å². The Kier molecular flexibility index (Phi) is 12.0. The fourth-order valence-electron chi connectivity index (χ4n) is 5.81. The highest BCUT2D eigenvalue weighted by Gasteiger charge is 2.19. The van der Waals surface area contributed by atoms with Crippen molar-refractivity contribution >= 4 is 5.57 Å². The molecule has 3 aromatic rings. The molecule has 0 saturated heterocycles. The molecule has 0 heterocycles. The molecule has 4 heteroatoms. The smallest absolute Gasteiger partial charge is 0.201 e. The van der Waals surface area contributed by atoms with Crippen molar-refractivity contribution in [2.75, 3.05) is 6.61 Å². The van der Waals surface area contributed by atoms with Crippen molar-refractivity contribution in [3.05, 3.63) is 83.7 Å². The van der Waals surface area contributed by atoms with Gasteiger partial charge in [-0.25, -0.2) is 8.78 Å². The van der Waals surface area contributed by atoms with E-state index in [1.54, 1.807) is 24.3 Å². The van der Waals surface area contributed by atoms with Gasteiger partial charge in [-0.15, -0.1) is 0 Å². The van der Waals surface area contributed by atoms with E-state index in [2.05, 4.69) is 19.9 Å². The summed E-state index contributed by atoms with van der Waals surface area (Å²) in [7, 11) is 0. The first kappa shape index (κ1) is 30.9. The zero-order valence-corrected chi connectivity index (χ0v) is 24.8. The number of benzene rings is 3. The van der Waals surface area contributed by atoms with Crippen LogP contribution in [0, 0.1) is 23.4 Å². The zero-order chi connectivity index (χ0) is 29.0. The van der Waals surface area contributed by atoms with Crippen LogP contribution >= 0.6 is 0 Å². The lowest BCUT2D eigenvalue weighted by molar-refractivity contribution is 0.285. The first-order valence-electron chi connectivity index (χ1n) is 15.7. The van der Waals surface area contributed by atoms with Crippen molar-refractivity contribution in [1.82, 2.24) is 0 Å². The molecule has 1 nitrogen and oxygen atoms in total. The van der Waals surface area contributed by atoms with Gasteiger partial charge in [0.25, 0.3) is 0 Å². The molecule has 0 aliphatic heterocycles. The molecule has 1 unspecified atom stereocenters. The second-order valence-electron chi connectivity index (χ2n) is 11.5. The average Bonchev–Trinajstić information content (AvgIpc) is 2.99. The first-order chi connectivity index (χ1) is 20.0. The molecule has 1 aliphatic rings. The lowest BCUT2D eigenvalue weighted by Gasteiger charge is -2.22. The van der Waals surface area contributed by atoms with Crippen LogP contribution in [0.5, 0.6) is 5.75 Å². The van der Waals surface area contributed by atoms with Gasteiger partial charge in [0.05, 0.1) is 6.61 Å². The van der Waals surface area contributed by atoms with Crippen molar-refractivity contribution in [3.8, 4) is 28.0 Å². The molecule has 0 radical (unpaired) electrons. The second kappa shape index (κ2) is 15.8. The summed E-state index contributed by atoms with van der Waals surface area (Å²) in [4.78, 5) is 0. The van der Waals surface area contributed by atoms with Crippen LogP contribution in [0.4, 0.5) is 13.2 Å². The highest BCUT2D eigenvalue weighted by atomic mass is 19.2. The van der Waals surface area contributed by atoms with Crippen molar-refractivity contribution in [2.24, 2.45) is 5.92 Å². The Bertz CT molecular complexity index is 1280. The van der Waals surface area contributed by atoms with Gasteiger partial charge >= 0.3 is 0 Å². The molecule has 0 amide bonds. The zero-order valence-electron chi connectivity index (χ0n) is 24.8. The highest BCUT2D eigenvalue weighted by molar-refractivity contribution is 5.74. The van der Waals surface area contributed by atoms with Gasteiger partial charge in [0.2, 0.25) is 5.82 Å². The molecule has 0 spiro atoms. The van der Waals surface area contributed by atoms with E-state index in [4.69, 9.17) is 4.74 Å². The molecule has 0 saturated carbocycles. The van der Waals surface area contributed by atoms with Crippen LogP contribution in [0.25, 0.3) is 27.8 Å². The summed E-state index contributed by atoms with van der Waals surface area (Å²) in [5.41, 5.74) is 4.13. The van der Waals surface area contributed by atoms with Crippen molar-refractivity contribution < 1.29 is 17.9 Å². The lowest BCUT2D eigenvalue weighted by Crippen LogP contribution is -2.06. The average molecular weight is 563 g/mol. The molecule has 4 rings (SSSR count). The lowest BCUT2D eigenvalue weighted by atomic mass is 9.83. The highest BCUT2D eigenvalue weighted by Crippen LogP contribution is 2.36. The molecule has 0 fully saturated rings. The maximum atomic E-state index is 15.2. The Hall–Kier alpha value is -3.01. The molecule has 1 aliphatic carbocycles. The summed E-state index contributed by atoms with van der Waals surface area (Å²) >= 11 is 0. The molecule has 0 N–H and O–H groups in total. The number of unbranched alkanes of at least 4 members (excludes halogenated alkanes) is 7. The number of hydrogen-bond acceptors (Lipinski definition) is 1. The first-order valence-corrected chi connectivity index (χ1v) is 15.7. The number of hydrogen-bond donors (Lipinski definition) is 0. The summed E-state index contributed by atoms with van der Waals surface area (Å²) in [6.45, 7) is 4.74. The van der Waals surface area contributed by atoms with Gasteiger partial charge in [-0.3, -0.25) is 0 Å². The molecular formula is C37H45F3O. The van der Waals surface area contributed by atoms with Crippen molar-refractivity contribution in [1.29, 1.82) is 0 Å². The number of ether oxygens (including phenoxy) is 1. The van der Waals surface area contributed by atoms with E-state index in [1.165, 1.54) is 44.6 Å². The maximum absolute atomic E-state index is 15.2. The summed E-state index contributed by atoms with van der Waals surface area (Å²) in [6, 6.07) is 15.6. The van der Waals surface area contributed by atoms with E-state index in [1.807, 2.05) is 24.3 Å². The fourth-order valence-corrected chi connectivity index (χ4v) is 5.81. The van der Waals surface area contributed by atoms with Crippen LogP contribution in [-0.2, 0) is 0 Å². The Morgan fingerprint density at radius 1 is 0.683 bits per heavy atom. The van der Waals surface area contributed by atoms with E-state index >= 15 is 4.39 Å². The van der Waals surface area contributed by atoms with E-state index in [-0.39, 0.29) is 17.1 Å². The summed E-state index contributed by atoms with van der Waals surface area (Å²) in [6.07, 6.45) is 17.2. The Balaban J connectivity index is 1.37. The fraction of sp³-hybridized carbons (Fsp3) is 0.459. The largest absolute Gasteiger partial charge is 0.490 e. The van der Waals surface area contributed by atoms with Crippen LogP contribution in [0.15, 0.2) is 60.7 Å². The molecule has 0 aromatic heterocycles. The van der Waals surface area contributed by atoms with Crippen LogP contribution in [-0.4, -0.2) is 6.61 Å². The predicted octanol–water partition coefficient (Wildman–Crippen LogP) is 11.9. The van der Waals surface area contributed by atoms with E-state index < -0.39 is 11.6 Å². The SMILES string of the molecule is CCCCCCCC1CC=C(c2ccc(-c3ccc(-c4ccc(OCCCCCC)c(F)c4F)cc3)cc2F)CC1. The normalized spacial score (nSPS) is 15.1.